The van der Waals surface area contributed by atoms with Crippen LogP contribution in [-0.4, -0.2) is 46.1 Å². The largest absolute Gasteiger partial charge is 0.495 e. The highest BCUT2D eigenvalue weighted by Gasteiger charge is 2.21. The van der Waals surface area contributed by atoms with E-state index in [1.165, 1.54) is 7.11 Å². The Morgan fingerprint density at radius 1 is 1.26 bits per heavy atom. The standard InChI is InChI=1S/C17H30N2O3S/c1-6-19(7-2)12-8-9-15(4)18-23(20,21)17-13-14(3)10-11-16(17)22-5/h10-11,13,15,18H,6-9,12H2,1-5H3. The highest BCUT2D eigenvalue weighted by atomic mass is 32.2. The zero-order chi connectivity index (χ0) is 17.5. The first-order valence-corrected chi connectivity index (χ1v) is 9.71. The SMILES string of the molecule is CCN(CC)CCCC(C)NS(=O)(=O)c1cc(C)ccc1OC. The number of methoxy groups -OCH3 is 1. The molecule has 132 valence electrons. The summed E-state index contributed by atoms with van der Waals surface area (Å²) in [6.07, 6.45) is 1.78. The molecule has 1 N–H and O–H groups in total. The van der Waals surface area contributed by atoms with Crippen LogP contribution < -0.4 is 9.46 Å². The van der Waals surface area contributed by atoms with Crippen LogP contribution in [0.4, 0.5) is 0 Å². The van der Waals surface area contributed by atoms with E-state index in [0.29, 0.717) is 5.75 Å². The van der Waals surface area contributed by atoms with Gasteiger partial charge in [0, 0.05) is 6.04 Å². The topological polar surface area (TPSA) is 58.6 Å². The smallest absolute Gasteiger partial charge is 0.244 e. The van der Waals surface area contributed by atoms with Gasteiger partial charge in [0.2, 0.25) is 10.0 Å². The van der Waals surface area contributed by atoms with E-state index in [1.54, 1.807) is 12.1 Å². The molecule has 0 saturated heterocycles. The van der Waals surface area contributed by atoms with Crippen molar-refractivity contribution in [3.8, 4) is 5.75 Å². The number of rotatable bonds is 10. The second-order valence-corrected chi connectivity index (χ2v) is 7.53. The number of ether oxygens (including phenoxy) is 1. The van der Waals surface area contributed by atoms with E-state index >= 15 is 0 Å². The molecule has 5 nitrogen and oxygen atoms in total. The lowest BCUT2D eigenvalue weighted by atomic mass is 10.2. The molecule has 0 aromatic heterocycles. The Morgan fingerprint density at radius 2 is 1.91 bits per heavy atom. The number of nitrogens with zero attached hydrogens (tertiary/aromatic N) is 1. The second-order valence-electron chi connectivity index (χ2n) is 5.85. The van der Waals surface area contributed by atoms with Gasteiger partial charge in [-0.15, -0.1) is 0 Å². The lowest BCUT2D eigenvalue weighted by Gasteiger charge is -2.20. The third kappa shape index (κ3) is 6.12. The summed E-state index contributed by atoms with van der Waals surface area (Å²) in [6, 6.07) is 5.06. The summed E-state index contributed by atoms with van der Waals surface area (Å²) in [6.45, 7) is 11.1. The van der Waals surface area contributed by atoms with Crippen LogP contribution >= 0.6 is 0 Å². The average molecular weight is 343 g/mol. The maximum absolute atomic E-state index is 12.6. The lowest BCUT2D eigenvalue weighted by molar-refractivity contribution is 0.293. The molecule has 0 bridgehead atoms. The molecule has 0 aliphatic carbocycles. The Balaban J connectivity index is 2.69. The van der Waals surface area contributed by atoms with Crippen LogP contribution in [-0.2, 0) is 10.0 Å². The van der Waals surface area contributed by atoms with Crippen LogP contribution in [0.1, 0.15) is 39.2 Å². The van der Waals surface area contributed by atoms with Crippen LogP contribution in [0.15, 0.2) is 23.1 Å². The number of hydrogen-bond acceptors (Lipinski definition) is 4. The fourth-order valence-corrected chi connectivity index (χ4v) is 4.07. The van der Waals surface area contributed by atoms with Crippen molar-refractivity contribution in [1.29, 1.82) is 0 Å². The molecular formula is C17H30N2O3S. The average Bonchev–Trinajstić information content (AvgIpc) is 2.51. The summed E-state index contributed by atoms with van der Waals surface area (Å²) in [4.78, 5) is 2.54. The third-order valence-electron chi connectivity index (χ3n) is 3.97. The van der Waals surface area contributed by atoms with Gasteiger partial charge >= 0.3 is 0 Å². The normalized spacial score (nSPS) is 13.3. The van der Waals surface area contributed by atoms with Gasteiger partial charge in [0.25, 0.3) is 0 Å². The Labute approximate surface area is 141 Å². The second kappa shape index (κ2) is 9.25. The summed E-state index contributed by atoms with van der Waals surface area (Å²) in [5.41, 5.74) is 0.889. The molecule has 23 heavy (non-hydrogen) atoms. The summed E-state index contributed by atoms with van der Waals surface area (Å²) in [5.74, 6) is 0.374. The highest BCUT2D eigenvalue weighted by Crippen LogP contribution is 2.24. The summed E-state index contributed by atoms with van der Waals surface area (Å²) >= 11 is 0. The van der Waals surface area contributed by atoms with Gasteiger partial charge in [-0.2, -0.15) is 0 Å². The first-order valence-electron chi connectivity index (χ1n) is 8.23. The van der Waals surface area contributed by atoms with E-state index < -0.39 is 10.0 Å². The van der Waals surface area contributed by atoms with Gasteiger partial charge in [-0.05, 0) is 64.0 Å². The van der Waals surface area contributed by atoms with Crippen LogP contribution in [0.3, 0.4) is 0 Å². The van der Waals surface area contributed by atoms with E-state index in [0.717, 1.165) is 38.0 Å². The fraction of sp³-hybridized carbons (Fsp3) is 0.647. The number of sulfonamides is 1. The monoisotopic (exact) mass is 342 g/mol. The molecule has 6 heteroatoms. The van der Waals surface area contributed by atoms with Crippen molar-refractivity contribution in [2.24, 2.45) is 0 Å². The highest BCUT2D eigenvalue weighted by molar-refractivity contribution is 7.89. The molecule has 0 aliphatic heterocycles. The van der Waals surface area contributed by atoms with E-state index in [4.69, 9.17) is 4.74 Å². The summed E-state index contributed by atoms with van der Waals surface area (Å²) in [5, 5.41) is 0. The molecule has 1 atom stereocenters. The molecule has 0 spiro atoms. The Morgan fingerprint density at radius 3 is 2.48 bits per heavy atom. The minimum atomic E-state index is -3.58. The maximum Gasteiger partial charge on any atom is 0.244 e. The number of hydrogen-bond donors (Lipinski definition) is 1. The Kier molecular flexibility index (Phi) is 8.02. The zero-order valence-electron chi connectivity index (χ0n) is 14.9. The molecule has 1 aromatic carbocycles. The number of benzene rings is 1. The Hall–Kier alpha value is -1.11. The van der Waals surface area contributed by atoms with Gasteiger partial charge in [0.1, 0.15) is 10.6 Å². The van der Waals surface area contributed by atoms with E-state index in [2.05, 4.69) is 23.5 Å². The molecule has 1 unspecified atom stereocenters. The quantitative estimate of drug-likeness (QED) is 0.710. The van der Waals surface area contributed by atoms with Gasteiger partial charge in [0.05, 0.1) is 7.11 Å². The molecule has 0 amide bonds. The lowest BCUT2D eigenvalue weighted by Crippen LogP contribution is -2.34. The first kappa shape index (κ1) is 19.9. The minimum Gasteiger partial charge on any atom is -0.495 e. The van der Waals surface area contributed by atoms with Gasteiger partial charge in [-0.3, -0.25) is 0 Å². The summed E-state index contributed by atoms with van der Waals surface area (Å²) < 4.78 is 33.1. The Bertz CT molecular complexity index is 584. The maximum atomic E-state index is 12.6. The molecule has 0 radical (unpaired) electrons. The zero-order valence-corrected chi connectivity index (χ0v) is 15.7. The van der Waals surface area contributed by atoms with Crippen molar-refractivity contribution in [3.05, 3.63) is 23.8 Å². The van der Waals surface area contributed by atoms with Crippen LogP contribution in [0.2, 0.25) is 0 Å². The van der Waals surface area contributed by atoms with Gasteiger partial charge in [0.15, 0.2) is 0 Å². The number of nitrogens with one attached hydrogen (secondary N) is 1. The molecule has 0 saturated carbocycles. The summed E-state index contributed by atoms with van der Waals surface area (Å²) in [7, 11) is -2.09. The molecule has 0 aliphatic rings. The van der Waals surface area contributed by atoms with Gasteiger partial charge in [-0.25, -0.2) is 13.1 Å². The first-order chi connectivity index (χ1) is 10.8. The molecule has 1 rings (SSSR count). The van der Waals surface area contributed by atoms with Crippen molar-refractivity contribution < 1.29 is 13.2 Å². The van der Waals surface area contributed by atoms with Crippen molar-refractivity contribution in [3.63, 3.8) is 0 Å². The van der Waals surface area contributed by atoms with Crippen molar-refractivity contribution >= 4 is 10.0 Å². The van der Waals surface area contributed by atoms with E-state index in [-0.39, 0.29) is 10.9 Å². The minimum absolute atomic E-state index is 0.110. The molecule has 0 heterocycles. The van der Waals surface area contributed by atoms with Crippen molar-refractivity contribution in [1.82, 2.24) is 9.62 Å². The molecule has 1 aromatic rings. The van der Waals surface area contributed by atoms with Crippen LogP contribution in [0.5, 0.6) is 5.75 Å². The number of aryl methyl sites for hydroxylation is 1. The van der Waals surface area contributed by atoms with Gasteiger partial charge in [-0.1, -0.05) is 19.9 Å². The van der Waals surface area contributed by atoms with E-state index in [1.807, 2.05) is 19.9 Å². The van der Waals surface area contributed by atoms with Gasteiger partial charge < -0.3 is 9.64 Å². The molecule has 0 fully saturated rings. The van der Waals surface area contributed by atoms with Crippen LogP contribution in [0.25, 0.3) is 0 Å². The van der Waals surface area contributed by atoms with Crippen LogP contribution in [0, 0.1) is 6.92 Å². The molecular weight excluding hydrogens is 312 g/mol. The van der Waals surface area contributed by atoms with Crippen molar-refractivity contribution in [2.75, 3.05) is 26.7 Å². The predicted molar refractivity (Wildman–Crippen MR) is 94.5 cm³/mol. The fourth-order valence-electron chi connectivity index (χ4n) is 2.54. The van der Waals surface area contributed by atoms with Crippen molar-refractivity contribution in [2.45, 2.75) is 51.5 Å². The third-order valence-corrected chi connectivity index (χ3v) is 5.58. The predicted octanol–water partition coefficient (Wildman–Crippen LogP) is 2.79. The van der Waals surface area contributed by atoms with E-state index in [9.17, 15) is 8.42 Å².